The zero-order chi connectivity index (χ0) is 52.4. The smallest absolute Gasteiger partial charge is 0.356 e. The molecule has 0 atom stereocenters. The van der Waals surface area contributed by atoms with Crippen LogP contribution in [0.4, 0.5) is 39.8 Å². The summed E-state index contributed by atoms with van der Waals surface area (Å²) in [4.78, 5) is 31.4. The Balaban J connectivity index is 1.49. The van der Waals surface area contributed by atoms with E-state index in [2.05, 4.69) is 35.8 Å². The summed E-state index contributed by atoms with van der Waals surface area (Å²) in [5, 5.41) is 74.4. The zero-order valence-electron chi connectivity index (χ0n) is 34.8. The number of aromatic carboxylic acids is 1. The van der Waals surface area contributed by atoms with E-state index in [1.807, 2.05) is 0 Å². The number of benzene rings is 5. The number of fused-ring (bicyclic) bond motifs is 1. The molecule has 0 saturated heterocycles. The van der Waals surface area contributed by atoms with Gasteiger partial charge >= 0.3 is 5.97 Å². The normalized spacial score (nSPS) is 12.6. The number of hydrogen-bond donors (Lipinski definition) is 9. The van der Waals surface area contributed by atoms with E-state index >= 15 is 0 Å². The number of nitro benzene ring substituents is 1. The van der Waals surface area contributed by atoms with Gasteiger partial charge in [0.2, 0.25) is 0 Å². The second-order valence-corrected chi connectivity index (χ2v) is 19.3. The number of nitrogens with one attached hydrogen (secondary N) is 1. The molecule has 0 saturated carbocycles. The van der Waals surface area contributed by atoms with Gasteiger partial charge in [-0.2, -0.15) is 33.7 Å². The number of carboxylic acid groups (broad SMARTS) is 1. The summed E-state index contributed by atoms with van der Waals surface area (Å²) in [7, 11) is -21.0. The Labute approximate surface area is 395 Å². The maximum Gasteiger partial charge on any atom is 0.356 e. The number of hydrogen-bond acceptors (Lipinski definition) is 23. The van der Waals surface area contributed by atoms with Crippen molar-refractivity contribution in [1.29, 1.82) is 0 Å². The van der Waals surface area contributed by atoms with Crippen LogP contribution in [0.15, 0.2) is 128 Å². The summed E-state index contributed by atoms with van der Waals surface area (Å²) in [5.74, 6) is -3.84. The molecule has 5 aromatic carbocycles. The Morgan fingerprint density at radius 1 is 0.634 bits per heavy atom. The first-order valence-corrected chi connectivity index (χ1v) is 24.5. The van der Waals surface area contributed by atoms with Crippen molar-refractivity contribution in [3.05, 3.63) is 99.0 Å². The lowest BCUT2D eigenvalue weighted by Crippen LogP contribution is -2.14. The third-order valence-corrected chi connectivity index (χ3v) is 12.7. The molecule has 31 nitrogen and oxygen atoms in total. The summed E-state index contributed by atoms with van der Waals surface area (Å²) in [6.45, 7) is -2.24. The molecule has 374 valence electrons. The van der Waals surface area contributed by atoms with Crippen LogP contribution in [0.5, 0.6) is 17.2 Å². The van der Waals surface area contributed by atoms with Crippen LogP contribution in [0.1, 0.15) is 10.5 Å². The Morgan fingerprint density at radius 3 is 1.66 bits per heavy atom. The van der Waals surface area contributed by atoms with Gasteiger partial charge in [-0.05, 0) is 48.5 Å². The van der Waals surface area contributed by atoms with E-state index < -0.39 is 165 Å². The molecule has 0 aliphatic carbocycles. The number of non-ortho nitro benzene ring substituents is 1. The van der Waals surface area contributed by atoms with Gasteiger partial charge in [-0.25, -0.2) is 9.48 Å². The molecule has 0 unspecified atom stereocenters. The van der Waals surface area contributed by atoms with Crippen LogP contribution < -0.4 is 15.0 Å². The van der Waals surface area contributed by atoms with E-state index in [0.717, 1.165) is 60.7 Å². The van der Waals surface area contributed by atoms with Crippen LogP contribution >= 0.6 is 0 Å². The summed E-state index contributed by atoms with van der Waals surface area (Å²) < 4.78 is 150. The lowest BCUT2D eigenvalue weighted by Gasteiger charge is -2.14. The molecular weight excluding hydrogens is 1040 g/mol. The molecule has 0 fully saturated rings. The zero-order valence-corrected chi connectivity index (χ0v) is 38.0. The summed E-state index contributed by atoms with van der Waals surface area (Å²) in [6.07, 6.45) is 0. The highest BCUT2D eigenvalue weighted by molar-refractivity contribution is 7.87. The number of aromatic hydroxyl groups is 1. The minimum atomic E-state index is -5.60. The van der Waals surface area contributed by atoms with Gasteiger partial charge in [0.1, 0.15) is 67.8 Å². The van der Waals surface area contributed by atoms with Gasteiger partial charge in [-0.15, -0.1) is 30.7 Å². The standard InChI is InChI=1S/C36H29N9O22S4/c46-9-11-66-26-16-25(27(67-12-10-47)15-24(26)39-37-22-7-3-18(45(52)53)13-28(22)69(57,58)59)40-41-30-29(70(60,61)62)14-21-20(33(30)48)6-8-23(34(21)71(63,64)65)38-42-31-32(36(50)51)43-44(35(31)49)17-1-4-19(5-2-17)68(54,55)56/h1-8,13-16,43,46-48H,9-12H2,(H,50,51)(H,54,55,56)(H,57,58,59)(H,60,61,62)(H,63,64,65). The lowest BCUT2D eigenvalue weighted by atomic mass is 10.1. The topological polar surface area (TPSA) is 489 Å². The monoisotopic (exact) mass is 1070 g/mol. The van der Waals surface area contributed by atoms with Crippen molar-refractivity contribution in [1.82, 2.24) is 9.78 Å². The van der Waals surface area contributed by atoms with Crippen LogP contribution in [0.25, 0.3) is 16.5 Å². The van der Waals surface area contributed by atoms with Crippen molar-refractivity contribution in [3.8, 4) is 22.9 Å². The maximum atomic E-state index is 13.3. The minimum Gasteiger partial charge on any atom is -0.505 e. The van der Waals surface area contributed by atoms with Crippen molar-refractivity contribution >= 4 is 97.0 Å². The molecule has 35 heteroatoms. The average Bonchev–Trinajstić information content (AvgIpc) is 3.62. The number of aliphatic hydroxyl groups is 2. The molecule has 0 radical (unpaired) electrons. The molecule has 0 bridgehead atoms. The number of H-pyrrole nitrogens is 1. The van der Waals surface area contributed by atoms with Crippen molar-refractivity contribution in [2.45, 2.75) is 19.6 Å². The number of nitrogens with zero attached hydrogens (tertiary/aromatic N) is 8. The van der Waals surface area contributed by atoms with E-state index in [1.165, 1.54) is 0 Å². The Morgan fingerprint density at radius 2 is 1.15 bits per heavy atom. The van der Waals surface area contributed by atoms with Crippen LogP contribution in [0.2, 0.25) is 0 Å². The van der Waals surface area contributed by atoms with Gasteiger partial charge in [-0.1, -0.05) is 0 Å². The lowest BCUT2D eigenvalue weighted by molar-refractivity contribution is -0.385. The number of phenols is 1. The quantitative estimate of drug-likeness (QED) is 0.0231. The Hall–Kier alpha value is -8.00. The molecule has 9 N–H and O–H groups in total. The highest BCUT2D eigenvalue weighted by Crippen LogP contribution is 2.47. The first-order chi connectivity index (χ1) is 33.1. The number of carbonyl (C=O) groups is 1. The van der Waals surface area contributed by atoms with Gasteiger partial charge in [-0.3, -0.25) is 38.2 Å². The molecule has 6 rings (SSSR count). The van der Waals surface area contributed by atoms with Gasteiger partial charge in [0.25, 0.3) is 51.7 Å². The molecule has 1 heterocycles. The molecule has 0 amide bonds. The number of carboxylic acids is 1. The average molecular weight is 1070 g/mol. The number of azo groups is 3. The molecular formula is C36H29N9O22S4. The fraction of sp³-hybridized carbons (Fsp3) is 0.111. The first-order valence-electron chi connectivity index (χ1n) is 18.8. The largest absolute Gasteiger partial charge is 0.505 e. The third-order valence-electron chi connectivity index (χ3n) is 9.12. The predicted octanol–water partition coefficient (Wildman–Crippen LogP) is 4.61. The van der Waals surface area contributed by atoms with E-state index in [4.69, 9.17) is 9.47 Å². The number of aromatic amines is 1. The summed E-state index contributed by atoms with van der Waals surface area (Å²) >= 11 is 0. The molecule has 0 aliphatic heterocycles. The van der Waals surface area contributed by atoms with Crippen LogP contribution in [-0.4, -0.2) is 119 Å². The fourth-order valence-electron chi connectivity index (χ4n) is 6.10. The van der Waals surface area contributed by atoms with Crippen LogP contribution in [0, 0.1) is 10.1 Å². The number of phenolic OH excluding ortho intramolecular Hbond substituents is 1. The van der Waals surface area contributed by atoms with E-state index in [9.17, 15) is 92.0 Å². The second-order valence-electron chi connectivity index (χ2n) is 13.7. The first kappa shape index (κ1) is 52.4. The fourth-order valence-corrected chi connectivity index (χ4v) is 8.69. The van der Waals surface area contributed by atoms with Gasteiger partial charge in [0.05, 0.1) is 28.7 Å². The minimum absolute atomic E-state index is 0.194. The predicted molar refractivity (Wildman–Crippen MR) is 235 cm³/mol. The molecule has 1 aromatic heterocycles. The van der Waals surface area contributed by atoms with E-state index in [1.54, 1.807) is 0 Å². The summed E-state index contributed by atoms with van der Waals surface area (Å²) in [6, 6.07) is 9.80. The number of aromatic nitrogens is 2. The third kappa shape index (κ3) is 11.6. The Bertz CT molecular complexity index is 3780. The SMILES string of the molecule is O=C(O)c1[nH]n(-c2ccc(S(=O)(=O)O)cc2)c(=O)c1N=Nc1ccc2c(O)c(N=Nc3cc(OCCO)c(N=Nc4ccc([N+](=O)[O-])cc4S(=O)(=O)O)cc3OCCO)c(S(=O)(=O)O)cc2c1S(=O)(=O)O. The molecule has 0 spiro atoms. The second kappa shape index (κ2) is 20.2. The Kier molecular flexibility index (Phi) is 14.9. The van der Waals surface area contributed by atoms with Crippen LogP contribution in [0.3, 0.4) is 0 Å². The highest BCUT2D eigenvalue weighted by Gasteiger charge is 2.29. The van der Waals surface area contributed by atoms with Crippen molar-refractivity contribution in [3.63, 3.8) is 0 Å². The number of ether oxygens (including phenoxy) is 2. The maximum absolute atomic E-state index is 13.3. The van der Waals surface area contributed by atoms with Gasteiger partial charge in [0, 0.05) is 35.0 Å². The van der Waals surface area contributed by atoms with Crippen LogP contribution in [-0.2, 0) is 40.5 Å². The van der Waals surface area contributed by atoms with Gasteiger partial charge < -0.3 is 29.9 Å². The number of nitro groups is 1. The van der Waals surface area contributed by atoms with Gasteiger partial charge in [0.15, 0.2) is 17.1 Å². The van der Waals surface area contributed by atoms with Crippen molar-refractivity contribution < 1.29 is 91.5 Å². The molecule has 71 heavy (non-hydrogen) atoms. The molecule has 0 aliphatic rings. The molecule has 6 aromatic rings. The highest BCUT2D eigenvalue weighted by atomic mass is 32.2. The van der Waals surface area contributed by atoms with Crippen molar-refractivity contribution in [2.75, 3.05) is 26.4 Å². The van der Waals surface area contributed by atoms with E-state index in [0.29, 0.717) is 16.8 Å². The summed E-state index contributed by atoms with van der Waals surface area (Å²) in [5.41, 5.74) is -7.64. The number of aliphatic hydroxyl groups excluding tert-OH is 2. The van der Waals surface area contributed by atoms with Crippen molar-refractivity contribution in [2.24, 2.45) is 30.7 Å². The number of rotatable bonds is 19. The van der Waals surface area contributed by atoms with E-state index in [-0.39, 0.29) is 17.1 Å².